The van der Waals surface area contributed by atoms with Crippen molar-refractivity contribution in [3.63, 3.8) is 0 Å². The van der Waals surface area contributed by atoms with E-state index in [4.69, 9.17) is 9.47 Å². The quantitative estimate of drug-likeness (QED) is 0.356. The van der Waals surface area contributed by atoms with Crippen molar-refractivity contribution in [1.29, 1.82) is 0 Å². The molecule has 0 bridgehead atoms. The van der Waals surface area contributed by atoms with Gasteiger partial charge in [0, 0.05) is 12.1 Å². The molecule has 4 aromatic rings. The average molecular weight is 505 g/mol. The fourth-order valence-electron chi connectivity index (χ4n) is 3.93. The average Bonchev–Trinajstić information content (AvgIpc) is 2.89. The highest BCUT2D eigenvalue weighted by Gasteiger charge is 2.18. The molecule has 1 amide bonds. The Bertz CT molecular complexity index is 1480. The summed E-state index contributed by atoms with van der Waals surface area (Å²) in [5.41, 5.74) is 2.71. The van der Waals surface area contributed by atoms with Gasteiger partial charge in [-0.05, 0) is 58.3 Å². The van der Waals surface area contributed by atoms with Crippen molar-refractivity contribution in [3.05, 3.63) is 102 Å². The summed E-state index contributed by atoms with van der Waals surface area (Å²) >= 11 is 0. The van der Waals surface area contributed by atoms with Gasteiger partial charge in [-0.15, -0.1) is 0 Å². The van der Waals surface area contributed by atoms with E-state index in [0.29, 0.717) is 29.3 Å². The van der Waals surface area contributed by atoms with E-state index in [-0.39, 0.29) is 12.5 Å². The molecular formula is C28H28N2O5S. The molecule has 0 saturated heterocycles. The number of ether oxygens (including phenoxy) is 2. The smallest absolute Gasteiger partial charge is 0.251 e. The number of hydrogen-bond acceptors (Lipinski definition) is 5. The molecule has 0 unspecified atom stereocenters. The molecule has 7 nitrogen and oxygen atoms in total. The van der Waals surface area contributed by atoms with Crippen molar-refractivity contribution in [2.75, 3.05) is 24.8 Å². The number of rotatable bonds is 9. The van der Waals surface area contributed by atoms with Gasteiger partial charge in [0.25, 0.3) is 5.91 Å². The molecule has 4 rings (SSSR count). The minimum Gasteiger partial charge on any atom is -0.493 e. The van der Waals surface area contributed by atoms with E-state index >= 15 is 0 Å². The number of nitrogens with one attached hydrogen (secondary N) is 1. The van der Waals surface area contributed by atoms with Crippen molar-refractivity contribution in [2.45, 2.75) is 13.1 Å². The van der Waals surface area contributed by atoms with Crippen molar-refractivity contribution in [3.8, 4) is 11.5 Å². The molecular weight excluding hydrogens is 476 g/mol. The molecule has 0 aromatic heterocycles. The Morgan fingerprint density at radius 1 is 0.806 bits per heavy atom. The van der Waals surface area contributed by atoms with Gasteiger partial charge < -0.3 is 14.8 Å². The van der Waals surface area contributed by atoms with E-state index < -0.39 is 10.0 Å². The van der Waals surface area contributed by atoms with Gasteiger partial charge in [0.15, 0.2) is 11.5 Å². The molecule has 0 radical (unpaired) electrons. The van der Waals surface area contributed by atoms with E-state index in [1.54, 1.807) is 50.6 Å². The molecule has 4 aromatic carbocycles. The zero-order chi connectivity index (χ0) is 25.7. The maximum Gasteiger partial charge on any atom is 0.251 e. The monoisotopic (exact) mass is 504 g/mol. The number of hydrogen-bond donors (Lipinski definition) is 1. The van der Waals surface area contributed by atoms with Gasteiger partial charge in [-0.2, -0.15) is 0 Å². The minimum atomic E-state index is -3.53. The van der Waals surface area contributed by atoms with Crippen LogP contribution in [0.4, 0.5) is 5.69 Å². The molecule has 1 N–H and O–H groups in total. The lowest BCUT2D eigenvalue weighted by Gasteiger charge is -2.23. The second-order valence-electron chi connectivity index (χ2n) is 8.37. The maximum atomic E-state index is 12.7. The van der Waals surface area contributed by atoms with Crippen LogP contribution in [0.15, 0.2) is 84.9 Å². The summed E-state index contributed by atoms with van der Waals surface area (Å²) in [5, 5.41) is 4.89. The number of fused-ring (bicyclic) bond motifs is 1. The summed E-state index contributed by atoms with van der Waals surface area (Å²) in [7, 11) is -0.395. The highest BCUT2D eigenvalue weighted by atomic mass is 32.2. The Balaban J connectivity index is 1.46. The van der Waals surface area contributed by atoms with Crippen LogP contribution in [0.25, 0.3) is 10.8 Å². The second-order valence-corrected chi connectivity index (χ2v) is 10.3. The first-order valence-corrected chi connectivity index (χ1v) is 13.2. The third-order valence-electron chi connectivity index (χ3n) is 5.86. The summed E-state index contributed by atoms with van der Waals surface area (Å²) in [6.45, 7) is 0.482. The van der Waals surface area contributed by atoms with Gasteiger partial charge in [0.2, 0.25) is 10.0 Å². The predicted molar refractivity (Wildman–Crippen MR) is 142 cm³/mol. The number of benzene rings is 4. The molecule has 0 aliphatic carbocycles. The Hall–Kier alpha value is -4.04. The van der Waals surface area contributed by atoms with E-state index in [0.717, 1.165) is 21.9 Å². The van der Waals surface area contributed by atoms with Crippen LogP contribution in [0.3, 0.4) is 0 Å². The summed E-state index contributed by atoms with van der Waals surface area (Å²) in [6, 6.07) is 25.8. The topological polar surface area (TPSA) is 84.9 Å². The standard InChI is InChI=1S/C28H28N2O5S/c1-34-26-15-10-21(16-27(26)35-2)18-29-28(31)23-11-8-20(9-12-23)19-30(36(3,32)33)25-14-13-22-6-4-5-7-24(22)17-25/h4-17H,18-19H2,1-3H3,(H,29,31). The van der Waals surface area contributed by atoms with Crippen molar-refractivity contribution in [2.24, 2.45) is 0 Å². The lowest BCUT2D eigenvalue weighted by atomic mass is 10.1. The highest BCUT2D eigenvalue weighted by Crippen LogP contribution is 2.28. The fourth-order valence-corrected chi connectivity index (χ4v) is 4.81. The van der Waals surface area contributed by atoms with Crippen LogP contribution in [0.5, 0.6) is 11.5 Å². The van der Waals surface area contributed by atoms with Gasteiger partial charge in [0.1, 0.15) is 0 Å². The van der Waals surface area contributed by atoms with E-state index in [1.807, 2.05) is 48.5 Å². The minimum absolute atomic E-state index is 0.157. The summed E-state index contributed by atoms with van der Waals surface area (Å²) in [4.78, 5) is 12.7. The summed E-state index contributed by atoms with van der Waals surface area (Å²) in [5.74, 6) is 0.983. The van der Waals surface area contributed by atoms with Gasteiger partial charge in [-0.25, -0.2) is 8.42 Å². The van der Waals surface area contributed by atoms with Crippen LogP contribution in [0.2, 0.25) is 0 Å². The second kappa shape index (κ2) is 10.7. The molecule has 36 heavy (non-hydrogen) atoms. The number of sulfonamides is 1. The van der Waals surface area contributed by atoms with E-state index in [9.17, 15) is 13.2 Å². The normalized spacial score (nSPS) is 11.2. The van der Waals surface area contributed by atoms with Crippen LogP contribution in [-0.4, -0.2) is 34.8 Å². The molecule has 0 fully saturated rings. The lowest BCUT2D eigenvalue weighted by molar-refractivity contribution is 0.0951. The Morgan fingerprint density at radius 3 is 2.14 bits per heavy atom. The number of carbonyl (C=O) groups is 1. The number of anilines is 1. The van der Waals surface area contributed by atoms with Crippen LogP contribution in [0, 0.1) is 0 Å². The third-order valence-corrected chi connectivity index (χ3v) is 7.01. The number of methoxy groups -OCH3 is 2. The van der Waals surface area contributed by atoms with Gasteiger partial charge in [0.05, 0.1) is 32.7 Å². The largest absolute Gasteiger partial charge is 0.493 e. The van der Waals surface area contributed by atoms with Crippen LogP contribution < -0.4 is 19.1 Å². The first kappa shape index (κ1) is 25.1. The van der Waals surface area contributed by atoms with Crippen LogP contribution in [-0.2, 0) is 23.1 Å². The Labute approximate surface area is 211 Å². The predicted octanol–water partition coefficient (Wildman–Crippen LogP) is 4.75. The summed E-state index contributed by atoms with van der Waals surface area (Å²) in [6.07, 6.45) is 1.19. The summed E-state index contributed by atoms with van der Waals surface area (Å²) < 4.78 is 37.1. The fraction of sp³-hybridized carbons (Fsp3) is 0.179. The molecule has 0 saturated carbocycles. The van der Waals surface area contributed by atoms with Crippen LogP contribution in [0.1, 0.15) is 21.5 Å². The maximum absolute atomic E-state index is 12.7. The first-order chi connectivity index (χ1) is 17.3. The van der Waals surface area contributed by atoms with Crippen molar-refractivity contribution >= 4 is 32.4 Å². The van der Waals surface area contributed by atoms with E-state index in [2.05, 4.69) is 5.32 Å². The number of nitrogens with zero attached hydrogens (tertiary/aromatic N) is 1. The Morgan fingerprint density at radius 2 is 1.47 bits per heavy atom. The van der Waals surface area contributed by atoms with Gasteiger partial charge >= 0.3 is 0 Å². The van der Waals surface area contributed by atoms with Crippen molar-refractivity contribution < 1.29 is 22.7 Å². The molecule has 0 heterocycles. The zero-order valence-electron chi connectivity index (χ0n) is 20.4. The molecule has 0 atom stereocenters. The van der Waals surface area contributed by atoms with Crippen LogP contribution >= 0.6 is 0 Å². The molecule has 0 aliphatic rings. The van der Waals surface area contributed by atoms with E-state index in [1.165, 1.54) is 10.6 Å². The first-order valence-electron chi connectivity index (χ1n) is 11.3. The highest BCUT2D eigenvalue weighted by molar-refractivity contribution is 7.92. The Kier molecular flexibility index (Phi) is 7.45. The molecule has 8 heteroatoms. The molecule has 186 valence electrons. The number of carbonyl (C=O) groups excluding carboxylic acids is 1. The van der Waals surface area contributed by atoms with Crippen molar-refractivity contribution in [1.82, 2.24) is 5.32 Å². The molecule has 0 aliphatic heterocycles. The lowest BCUT2D eigenvalue weighted by Crippen LogP contribution is -2.29. The van der Waals surface area contributed by atoms with Gasteiger partial charge in [-0.3, -0.25) is 9.10 Å². The molecule has 0 spiro atoms. The zero-order valence-corrected chi connectivity index (χ0v) is 21.2. The van der Waals surface area contributed by atoms with Gasteiger partial charge in [-0.1, -0.05) is 48.5 Å². The SMILES string of the molecule is COc1ccc(CNC(=O)c2ccc(CN(c3ccc4ccccc4c3)S(C)(=O)=O)cc2)cc1OC. The number of amides is 1. The third kappa shape index (κ3) is 5.78.